The SMILES string of the molecule is CC(CCCO)NCc1nc2cc(Cl)ccc2n1C. The molecule has 1 unspecified atom stereocenters. The van der Waals surface area contributed by atoms with Crippen LogP contribution in [0.3, 0.4) is 0 Å². The molecule has 0 aliphatic heterocycles. The van der Waals surface area contributed by atoms with E-state index < -0.39 is 0 Å². The minimum absolute atomic E-state index is 0.247. The van der Waals surface area contributed by atoms with Gasteiger partial charge < -0.3 is 15.0 Å². The summed E-state index contributed by atoms with van der Waals surface area (Å²) in [6, 6.07) is 6.13. The van der Waals surface area contributed by atoms with E-state index in [0.29, 0.717) is 11.1 Å². The monoisotopic (exact) mass is 281 g/mol. The number of hydrogen-bond donors (Lipinski definition) is 2. The van der Waals surface area contributed by atoms with Gasteiger partial charge in [-0.05, 0) is 38.0 Å². The van der Waals surface area contributed by atoms with E-state index in [2.05, 4.69) is 21.8 Å². The maximum absolute atomic E-state index is 8.81. The Morgan fingerprint density at radius 1 is 1.47 bits per heavy atom. The number of imidazole rings is 1. The van der Waals surface area contributed by atoms with E-state index in [1.807, 2.05) is 25.2 Å². The van der Waals surface area contributed by atoms with Crippen LogP contribution >= 0.6 is 11.6 Å². The molecule has 0 aliphatic carbocycles. The summed E-state index contributed by atoms with van der Waals surface area (Å²) in [5, 5.41) is 12.9. The fourth-order valence-corrected chi connectivity index (χ4v) is 2.31. The Morgan fingerprint density at radius 3 is 3.00 bits per heavy atom. The van der Waals surface area contributed by atoms with Crippen molar-refractivity contribution < 1.29 is 5.11 Å². The summed E-state index contributed by atoms with van der Waals surface area (Å²) in [5.74, 6) is 0.994. The maximum atomic E-state index is 8.81. The highest BCUT2D eigenvalue weighted by molar-refractivity contribution is 6.31. The maximum Gasteiger partial charge on any atom is 0.123 e. The van der Waals surface area contributed by atoms with Gasteiger partial charge in [0.25, 0.3) is 0 Å². The number of aliphatic hydroxyl groups is 1. The third-order valence-corrected chi connectivity index (χ3v) is 3.57. The highest BCUT2D eigenvalue weighted by Crippen LogP contribution is 2.19. The van der Waals surface area contributed by atoms with Crippen LogP contribution in [0.1, 0.15) is 25.6 Å². The Balaban J connectivity index is 2.06. The van der Waals surface area contributed by atoms with Crippen molar-refractivity contribution in [3.05, 3.63) is 29.0 Å². The largest absolute Gasteiger partial charge is 0.396 e. The van der Waals surface area contributed by atoms with Crippen molar-refractivity contribution in [3.63, 3.8) is 0 Å². The van der Waals surface area contributed by atoms with Crippen molar-refractivity contribution in [3.8, 4) is 0 Å². The molecular weight excluding hydrogens is 262 g/mol. The van der Waals surface area contributed by atoms with E-state index in [0.717, 1.165) is 36.2 Å². The van der Waals surface area contributed by atoms with Crippen molar-refractivity contribution in [2.45, 2.75) is 32.4 Å². The van der Waals surface area contributed by atoms with Crippen LogP contribution in [0.15, 0.2) is 18.2 Å². The molecule has 1 atom stereocenters. The average molecular weight is 282 g/mol. The highest BCUT2D eigenvalue weighted by Gasteiger charge is 2.09. The third kappa shape index (κ3) is 3.47. The number of fused-ring (bicyclic) bond motifs is 1. The summed E-state index contributed by atoms with van der Waals surface area (Å²) in [7, 11) is 2.01. The zero-order valence-corrected chi connectivity index (χ0v) is 12.1. The Kier molecular flexibility index (Phi) is 4.80. The molecule has 0 fully saturated rings. The predicted octanol–water partition coefficient (Wildman–Crippen LogP) is 2.48. The molecule has 5 heteroatoms. The van der Waals surface area contributed by atoms with Gasteiger partial charge in [0, 0.05) is 24.7 Å². The van der Waals surface area contributed by atoms with Crippen LogP contribution < -0.4 is 5.32 Å². The topological polar surface area (TPSA) is 50.1 Å². The van der Waals surface area contributed by atoms with Crippen molar-refractivity contribution in [1.29, 1.82) is 0 Å². The van der Waals surface area contributed by atoms with E-state index in [-0.39, 0.29) is 6.61 Å². The number of nitrogens with zero attached hydrogens (tertiary/aromatic N) is 2. The number of hydrogen-bond acceptors (Lipinski definition) is 3. The molecule has 0 bridgehead atoms. The van der Waals surface area contributed by atoms with Gasteiger partial charge >= 0.3 is 0 Å². The lowest BCUT2D eigenvalue weighted by Gasteiger charge is -2.12. The van der Waals surface area contributed by atoms with E-state index in [4.69, 9.17) is 16.7 Å². The first-order valence-electron chi connectivity index (χ1n) is 6.57. The number of benzene rings is 1. The molecule has 1 aromatic carbocycles. The molecule has 2 rings (SSSR count). The minimum Gasteiger partial charge on any atom is -0.396 e. The molecule has 0 spiro atoms. The standard InChI is InChI=1S/C14H20ClN3O/c1-10(4-3-7-19)16-9-14-17-12-8-11(15)5-6-13(12)18(14)2/h5-6,8,10,16,19H,3-4,7,9H2,1-2H3. The molecule has 1 aromatic heterocycles. The molecule has 0 saturated heterocycles. The van der Waals surface area contributed by atoms with Crippen LogP contribution in [-0.4, -0.2) is 27.3 Å². The van der Waals surface area contributed by atoms with Crippen molar-refractivity contribution in [1.82, 2.24) is 14.9 Å². The molecule has 104 valence electrons. The fourth-order valence-electron chi connectivity index (χ4n) is 2.15. The van der Waals surface area contributed by atoms with Crippen LogP contribution in [0, 0.1) is 0 Å². The minimum atomic E-state index is 0.247. The number of aryl methyl sites for hydroxylation is 1. The van der Waals surface area contributed by atoms with E-state index >= 15 is 0 Å². The first-order chi connectivity index (χ1) is 9.11. The van der Waals surface area contributed by atoms with Crippen molar-refractivity contribution in [2.75, 3.05) is 6.61 Å². The van der Waals surface area contributed by atoms with E-state index in [1.165, 1.54) is 0 Å². The van der Waals surface area contributed by atoms with Crippen LogP contribution in [0.2, 0.25) is 5.02 Å². The first-order valence-corrected chi connectivity index (χ1v) is 6.94. The highest BCUT2D eigenvalue weighted by atomic mass is 35.5. The van der Waals surface area contributed by atoms with Crippen LogP contribution in [0.25, 0.3) is 11.0 Å². The second kappa shape index (κ2) is 6.37. The van der Waals surface area contributed by atoms with Crippen molar-refractivity contribution >= 4 is 22.6 Å². The number of aliphatic hydroxyl groups excluding tert-OH is 1. The third-order valence-electron chi connectivity index (χ3n) is 3.34. The Morgan fingerprint density at radius 2 is 2.26 bits per heavy atom. The molecule has 2 N–H and O–H groups in total. The zero-order valence-electron chi connectivity index (χ0n) is 11.4. The predicted molar refractivity (Wildman–Crippen MR) is 78.3 cm³/mol. The Bertz CT molecular complexity index is 553. The molecule has 0 amide bonds. The number of rotatable bonds is 6. The fraction of sp³-hybridized carbons (Fsp3) is 0.500. The molecule has 0 aliphatic rings. The lowest BCUT2D eigenvalue weighted by molar-refractivity contribution is 0.276. The van der Waals surface area contributed by atoms with Gasteiger partial charge in [-0.15, -0.1) is 0 Å². The lowest BCUT2D eigenvalue weighted by Crippen LogP contribution is -2.26. The van der Waals surface area contributed by atoms with Gasteiger partial charge in [-0.3, -0.25) is 0 Å². The number of nitrogens with one attached hydrogen (secondary N) is 1. The molecule has 4 nitrogen and oxygen atoms in total. The van der Waals surface area contributed by atoms with Gasteiger partial charge in [-0.2, -0.15) is 0 Å². The van der Waals surface area contributed by atoms with Gasteiger partial charge in [-0.1, -0.05) is 11.6 Å². The molecule has 2 aromatic rings. The molecule has 0 saturated carbocycles. The second-order valence-electron chi connectivity index (χ2n) is 4.87. The summed E-state index contributed by atoms with van der Waals surface area (Å²) in [6.45, 7) is 3.08. The molecular formula is C14H20ClN3O. The van der Waals surface area contributed by atoms with Gasteiger partial charge in [0.05, 0.1) is 17.6 Å². The normalized spacial score (nSPS) is 13.1. The van der Waals surface area contributed by atoms with Gasteiger partial charge in [0.15, 0.2) is 0 Å². The van der Waals surface area contributed by atoms with Gasteiger partial charge in [0.2, 0.25) is 0 Å². The van der Waals surface area contributed by atoms with Crippen LogP contribution in [0.5, 0.6) is 0 Å². The molecule has 0 radical (unpaired) electrons. The molecule has 19 heavy (non-hydrogen) atoms. The van der Waals surface area contributed by atoms with Gasteiger partial charge in [0.1, 0.15) is 5.82 Å². The van der Waals surface area contributed by atoms with E-state index in [9.17, 15) is 0 Å². The zero-order chi connectivity index (χ0) is 13.8. The summed E-state index contributed by atoms with van der Waals surface area (Å²) in [4.78, 5) is 4.59. The summed E-state index contributed by atoms with van der Waals surface area (Å²) in [5.41, 5.74) is 2.01. The van der Waals surface area contributed by atoms with Crippen molar-refractivity contribution in [2.24, 2.45) is 7.05 Å². The summed E-state index contributed by atoms with van der Waals surface area (Å²) >= 11 is 5.98. The van der Waals surface area contributed by atoms with Gasteiger partial charge in [-0.25, -0.2) is 4.98 Å². The smallest absolute Gasteiger partial charge is 0.123 e. The first kappa shape index (κ1) is 14.3. The number of aromatic nitrogens is 2. The average Bonchev–Trinajstić information content (AvgIpc) is 2.70. The van der Waals surface area contributed by atoms with Crippen LogP contribution in [-0.2, 0) is 13.6 Å². The lowest BCUT2D eigenvalue weighted by atomic mass is 10.2. The molecule has 1 heterocycles. The summed E-state index contributed by atoms with van der Waals surface area (Å²) < 4.78 is 2.08. The Hall–Kier alpha value is -1.10. The second-order valence-corrected chi connectivity index (χ2v) is 5.30. The quantitative estimate of drug-likeness (QED) is 0.855. The Labute approximate surface area is 118 Å². The summed E-state index contributed by atoms with van der Waals surface area (Å²) in [6.07, 6.45) is 1.79. The van der Waals surface area contributed by atoms with Crippen LogP contribution in [0.4, 0.5) is 0 Å². The number of halogens is 1. The van der Waals surface area contributed by atoms with E-state index in [1.54, 1.807) is 0 Å².